The van der Waals surface area contributed by atoms with E-state index in [0.29, 0.717) is 23.1 Å². The Bertz CT molecular complexity index is 2790. The summed E-state index contributed by atoms with van der Waals surface area (Å²) in [4.78, 5) is 19.6. The molecule has 4 heterocycles. The van der Waals surface area contributed by atoms with Crippen molar-refractivity contribution in [2.75, 3.05) is 0 Å². The molecule has 0 saturated carbocycles. The minimum absolute atomic E-state index is 0.535. The molecule has 0 atom stereocenters. The lowest BCUT2D eigenvalue weighted by Gasteiger charge is -2.10. The first kappa shape index (κ1) is 28.1. The van der Waals surface area contributed by atoms with Crippen molar-refractivity contribution in [3.63, 3.8) is 0 Å². The van der Waals surface area contributed by atoms with Crippen molar-refractivity contribution >= 4 is 43.7 Å². The topological polar surface area (TPSA) is 69.6 Å². The second kappa shape index (κ2) is 11.4. The molecule has 10 aromatic rings. The van der Waals surface area contributed by atoms with Gasteiger partial charge in [-0.25, -0.2) is 15.0 Å². The van der Waals surface area contributed by atoms with E-state index in [2.05, 4.69) is 88.4 Å². The largest absolute Gasteiger partial charge is 0.453 e. The van der Waals surface area contributed by atoms with Crippen LogP contribution in [0, 0.1) is 0 Å². The number of benzene rings is 6. The maximum Gasteiger partial charge on any atom is 0.167 e. The minimum Gasteiger partial charge on any atom is -0.453 e. The van der Waals surface area contributed by atoms with E-state index in [1.54, 1.807) is 6.20 Å². The van der Waals surface area contributed by atoms with Crippen molar-refractivity contribution in [2.45, 2.75) is 0 Å². The number of furan rings is 1. The highest BCUT2D eigenvalue weighted by atomic mass is 16.3. The van der Waals surface area contributed by atoms with Gasteiger partial charge in [-0.2, -0.15) is 0 Å². The van der Waals surface area contributed by atoms with Crippen LogP contribution in [0.4, 0.5) is 0 Å². The Morgan fingerprint density at radius 1 is 0.440 bits per heavy atom. The Labute approximate surface area is 287 Å². The van der Waals surface area contributed by atoms with Gasteiger partial charge in [0.05, 0.1) is 16.6 Å². The summed E-state index contributed by atoms with van der Waals surface area (Å²) in [5.74, 6) is 1.72. The molecule has 0 aliphatic heterocycles. The van der Waals surface area contributed by atoms with Gasteiger partial charge in [-0.15, -0.1) is 0 Å². The van der Waals surface area contributed by atoms with E-state index in [0.717, 1.165) is 66.3 Å². The zero-order valence-corrected chi connectivity index (χ0v) is 26.7. The van der Waals surface area contributed by atoms with Crippen LogP contribution in [-0.4, -0.2) is 24.5 Å². The maximum absolute atomic E-state index is 7.09. The van der Waals surface area contributed by atoms with Gasteiger partial charge < -0.3 is 8.98 Å². The lowest BCUT2D eigenvalue weighted by atomic mass is 9.99. The normalized spacial score (nSPS) is 11.6. The summed E-state index contributed by atoms with van der Waals surface area (Å²) in [7, 11) is 0. The molecule has 50 heavy (non-hydrogen) atoms. The summed E-state index contributed by atoms with van der Waals surface area (Å²) < 4.78 is 9.39. The van der Waals surface area contributed by atoms with Gasteiger partial charge in [0, 0.05) is 56.3 Å². The number of para-hydroxylation sites is 2. The summed E-state index contributed by atoms with van der Waals surface area (Å²) >= 11 is 0. The molecular formula is C44H27N5O. The average molecular weight is 642 g/mol. The van der Waals surface area contributed by atoms with Crippen LogP contribution < -0.4 is 0 Å². The van der Waals surface area contributed by atoms with Crippen LogP contribution in [0.5, 0.6) is 0 Å². The molecule has 4 aromatic heterocycles. The number of fused-ring (bicyclic) bond motifs is 7. The predicted octanol–water partition coefficient (Wildman–Crippen LogP) is 10.9. The number of rotatable bonds is 5. The van der Waals surface area contributed by atoms with E-state index in [4.69, 9.17) is 19.4 Å². The lowest BCUT2D eigenvalue weighted by Crippen LogP contribution is -2.00. The zero-order valence-electron chi connectivity index (χ0n) is 26.7. The molecule has 6 nitrogen and oxygen atoms in total. The van der Waals surface area contributed by atoms with E-state index in [1.165, 1.54) is 5.39 Å². The van der Waals surface area contributed by atoms with Crippen molar-refractivity contribution in [1.29, 1.82) is 0 Å². The Hall–Kier alpha value is -6.92. The molecule has 0 bridgehead atoms. The van der Waals surface area contributed by atoms with Gasteiger partial charge in [-0.1, -0.05) is 109 Å². The Morgan fingerprint density at radius 2 is 1.06 bits per heavy atom. The summed E-state index contributed by atoms with van der Waals surface area (Å²) in [6.07, 6.45) is 3.68. The van der Waals surface area contributed by atoms with Crippen molar-refractivity contribution in [1.82, 2.24) is 24.5 Å². The summed E-state index contributed by atoms with van der Waals surface area (Å²) in [5.41, 5.74) is 9.32. The lowest BCUT2D eigenvalue weighted by molar-refractivity contribution is 0.671. The Balaban J connectivity index is 1.33. The second-order valence-electron chi connectivity index (χ2n) is 12.3. The van der Waals surface area contributed by atoms with Crippen molar-refractivity contribution in [3.8, 4) is 51.0 Å². The third kappa shape index (κ3) is 4.50. The maximum atomic E-state index is 7.09. The fraction of sp³-hybridized carbons (Fsp3) is 0. The molecule has 10 rings (SSSR count). The van der Waals surface area contributed by atoms with Crippen LogP contribution in [0.15, 0.2) is 168 Å². The molecule has 0 aliphatic rings. The first-order valence-corrected chi connectivity index (χ1v) is 16.6. The molecule has 6 aromatic carbocycles. The van der Waals surface area contributed by atoms with Crippen LogP contribution in [0.2, 0.25) is 0 Å². The van der Waals surface area contributed by atoms with E-state index in [1.807, 2.05) is 79.0 Å². The van der Waals surface area contributed by atoms with E-state index in [9.17, 15) is 0 Å². The Morgan fingerprint density at radius 3 is 1.76 bits per heavy atom. The number of hydrogen-bond donors (Lipinski definition) is 0. The standard InChI is InChI=1S/C44H27N5O/c1-4-13-28(14-5-1)42-46-43(29-15-6-2-7-16-29)48-44(47-42)37-26-31(30-17-12-24-45-27-30)25-36-35-23-22-34-33-20-10-11-21-38(33)49(32-18-8-3-9-19-32)39(34)41(35)50-40(36)37/h1-27H. The SMILES string of the molecule is c1ccc(-c2nc(-c3ccccc3)nc(-c3cc(-c4cccnc4)cc4c3oc3c4ccc4c5ccccc5n(-c5ccccc5)c43)n2)cc1. The molecule has 0 radical (unpaired) electrons. The van der Waals surface area contributed by atoms with Crippen LogP contribution in [0.25, 0.3) is 94.7 Å². The summed E-state index contributed by atoms with van der Waals surface area (Å²) in [5, 5.41) is 4.29. The average Bonchev–Trinajstić information content (AvgIpc) is 3.75. The van der Waals surface area contributed by atoms with Crippen LogP contribution >= 0.6 is 0 Å². The van der Waals surface area contributed by atoms with E-state index < -0.39 is 0 Å². The van der Waals surface area contributed by atoms with E-state index >= 15 is 0 Å². The monoisotopic (exact) mass is 641 g/mol. The van der Waals surface area contributed by atoms with Crippen LogP contribution in [-0.2, 0) is 0 Å². The predicted molar refractivity (Wildman–Crippen MR) is 201 cm³/mol. The number of pyridine rings is 1. The minimum atomic E-state index is 0.535. The first-order valence-electron chi connectivity index (χ1n) is 16.6. The quantitative estimate of drug-likeness (QED) is 0.187. The molecule has 0 spiro atoms. The van der Waals surface area contributed by atoms with Gasteiger partial charge >= 0.3 is 0 Å². The number of hydrogen-bond acceptors (Lipinski definition) is 5. The molecule has 0 amide bonds. The van der Waals surface area contributed by atoms with Gasteiger partial charge in [-0.3, -0.25) is 4.98 Å². The Kier molecular flexibility index (Phi) is 6.39. The third-order valence-corrected chi connectivity index (χ3v) is 9.32. The van der Waals surface area contributed by atoms with Gasteiger partial charge in [-0.05, 0) is 48.0 Å². The van der Waals surface area contributed by atoms with Gasteiger partial charge in [0.25, 0.3) is 0 Å². The zero-order chi connectivity index (χ0) is 33.0. The van der Waals surface area contributed by atoms with E-state index in [-0.39, 0.29) is 0 Å². The summed E-state index contributed by atoms with van der Waals surface area (Å²) in [6, 6.07) is 51.8. The second-order valence-corrected chi connectivity index (χ2v) is 12.3. The van der Waals surface area contributed by atoms with Gasteiger partial charge in [0.15, 0.2) is 23.1 Å². The molecule has 6 heteroatoms. The van der Waals surface area contributed by atoms with Crippen molar-refractivity contribution < 1.29 is 4.42 Å². The highest BCUT2D eigenvalue weighted by Crippen LogP contribution is 2.44. The van der Waals surface area contributed by atoms with Crippen molar-refractivity contribution in [2.24, 2.45) is 0 Å². The number of nitrogens with zero attached hydrogens (tertiary/aromatic N) is 5. The highest BCUT2D eigenvalue weighted by molar-refractivity contribution is 6.23. The molecule has 234 valence electrons. The highest BCUT2D eigenvalue weighted by Gasteiger charge is 2.23. The molecule has 0 unspecified atom stereocenters. The summed E-state index contributed by atoms with van der Waals surface area (Å²) in [6.45, 7) is 0. The molecular weight excluding hydrogens is 615 g/mol. The number of aromatic nitrogens is 5. The van der Waals surface area contributed by atoms with Crippen molar-refractivity contribution in [3.05, 3.63) is 164 Å². The fourth-order valence-corrected chi connectivity index (χ4v) is 7.02. The molecule has 0 aliphatic carbocycles. The van der Waals surface area contributed by atoms with Crippen LogP contribution in [0.1, 0.15) is 0 Å². The molecule has 0 saturated heterocycles. The van der Waals surface area contributed by atoms with Gasteiger partial charge in [0.2, 0.25) is 0 Å². The molecule has 0 N–H and O–H groups in total. The fourth-order valence-electron chi connectivity index (χ4n) is 7.02. The van der Waals surface area contributed by atoms with Crippen LogP contribution in [0.3, 0.4) is 0 Å². The first-order chi connectivity index (χ1) is 24.8. The third-order valence-electron chi connectivity index (χ3n) is 9.32. The van der Waals surface area contributed by atoms with Gasteiger partial charge in [0.1, 0.15) is 5.58 Å². The molecule has 0 fully saturated rings. The smallest absolute Gasteiger partial charge is 0.167 e.